The third kappa shape index (κ3) is 1.40. The molecule has 0 aromatic rings. The fourth-order valence-corrected chi connectivity index (χ4v) is 0.0373. The van der Waals surface area contributed by atoms with Crippen LogP contribution in [-0.4, -0.2) is 0 Å². The maximum Gasteiger partial charge on any atom is 0.0998 e. The summed E-state index contributed by atoms with van der Waals surface area (Å²) < 4.78 is 0. The summed E-state index contributed by atoms with van der Waals surface area (Å²) in [5.41, 5.74) is 0.176. The van der Waals surface area contributed by atoms with Crippen LogP contribution in [0.5, 0.6) is 0 Å². The molecule has 0 spiro atoms. The standard InChI is InChI=1S/C4H5NO/c1-3-4(2)5-6/h3H,1-2H2. The molecule has 0 aliphatic carbocycles. The minimum atomic E-state index is 0.176. The SMILES string of the molecule is C=CC(=C)N=O. The zero-order valence-electron chi connectivity index (χ0n) is 3.35. The van der Waals surface area contributed by atoms with E-state index in [9.17, 15) is 4.91 Å². The molecule has 0 saturated carbocycles. The Morgan fingerprint density at radius 1 is 1.83 bits per heavy atom. The van der Waals surface area contributed by atoms with Crippen LogP contribution in [0.15, 0.2) is 30.1 Å². The monoisotopic (exact) mass is 83.0 g/mol. The van der Waals surface area contributed by atoms with Crippen molar-refractivity contribution >= 4 is 0 Å². The molecule has 0 aromatic carbocycles. The summed E-state index contributed by atoms with van der Waals surface area (Å²) in [6, 6.07) is 0. The van der Waals surface area contributed by atoms with Crippen molar-refractivity contribution in [2.75, 3.05) is 0 Å². The first-order chi connectivity index (χ1) is 2.81. The Bertz CT molecular complexity index is 75.5. The van der Waals surface area contributed by atoms with Crippen molar-refractivity contribution < 1.29 is 0 Å². The fraction of sp³-hybridized carbons (Fsp3) is 0. The molecule has 2 nitrogen and oxygen atoms in total. The van der Waals surface area contributed by atoms with Crippen LogP contribution in [0.25, 0.3) is 0 Å². The fourth-order valence-electron chi connectivity index (χ4n) is 0.0373. The molecule has 0 bridgehead atoms. The summed E-state index contributed by atoms with van der Waals surface area (Å²) >= 11 is 0. The van der Waals surface area contributed by atoms with Gasteiger partial charge in [0.1, 0.15) is 0 Å². The van der Waals surface area contributed by atoms with E-state index >= 15 is 0 Å². The van der Waals surface area contributed by atoms with Crippen LogP contribution in [0, 0.1) is 4.91 Å². The van der Waals surface area contributed by atoms with Gasteiger partial charge in [-0.3, -0.25) is 0 Å². The first-order valence-electron chi connectivity index (χ1n) is 1.46. The molecule has 0 aliphatic rings. The van der Waals surface area contributed by atoms with Crippen molar-refractivity contribution in [1.82, 2.24) is 0 Å². The first kappa shape index (κ1) is 5.08. The summed E-state index contributed by atoms with van der Waals surface area (Å²) in [6.07, 6.45) is 1.30. The van der Waals surface area contributed by atoms with Gasteiger partial charge in [0.25, 0.3) is 0 Å². The number of hydrogen-bond donors (Lipinski definition) is 0. The van der Waals surface area contributed by atoms with Gasteiger partial charge in [-0.1, -0.05) is 13.2 Å². The highest BCUT2D eigenvalue weighted by molar-refractivity contribution is 5.07. The molecule has 32 valence electrons. The van der Waals surface area contributed by atoms with Gasteiger partial charge in [-0.15, -0.1) is 4.91 Å². The summed E-state index contributed by atoms with van der Waals surface area (Å²) in [4.78, 5) is 9.32. The van der Waals surface area contributed by atoms with Crippen LogP contribution in [0.3, 0.4) is 0 Å². The second-order valence-corrected chi connectivity index (χ2v) is 0.787. The van der Waals surface area contributed by atoms with Crippen LogP contribution in [0.4, 0.5) is 0 Å². The number of nitrogens with zero attached hydrogens (tertiary/aromatic N) is 1. The smallest absolute Gasteiger partial charge is 0.0998 e. The van der Waals surface area contributed by atoms with Crippen molar-refractivity contribution in [3.63, 3.8) is 0 Å². The molecule has 0 unspecified atom stereocenters. The molecule has 0 amide bonds. The first-order valence-corrected chi connectivity index (χ1v) is 1.46. The minimum Gasteiger partial charge on any atom is -0.145 e. The summed E-state index contributed by atoms with van der Waals surface area (Å²) in [7, 11) is 0. The Balaban J connectivity index is 3.52. The van der Waals surface area contributed by atoms with Crippen molar-refractivity contribution in [3.8, 4) is 0 Å². The number of hydrogen-bond acceptors (Lipinski definition) is 2. The van der Waals surface area contributed by atoms with Crippen LogP contribution in [0.2, 0.25) is 0 Å². The lowest BCUT2D eigenvalue weighted by Crippen LogP contribution is -1.55. The van der Waals surface area contributed by atoms with E-state index in [1.807, 2.05) is 0 Å². The van der Waals surface area contributed by atoms with E-state index < -0.39 is 0 Å². The van der Waals surface area contributed by atoms with Gasteiger partial charge >= 0.3 is 0 Å². The molecule has 0 aromatic heterocycles. The number of rotatable bonds is 2. The maximum absolute atomic E-state index is 9.32. The van der Waals surface area contributed by atoms with Gasteiger partial charge in [0.2, 0.25) is 0 Å². The Morgan fingerprint density at radius 2 is 2.33 bits per heavy atom. The topological polar surface area (TPSA) is 29.4 Å². The number of nitroso groups, excluding NO2 is 1. The van der Waals surface area contributed by atoms with Crippen molar-refractivity contribution in [3.05, 3.63) is 29.8 Å². The molecule has 0 radical (unpaired) electrons. The van der Waals surface area contributed by atoms with Crippen molar-refractivity contribution in [2.24, 2.45) is 5.18 Å². The van der Waals surface area contributed by atoms with Gasteiger partial charge in [-0.25, -0.2) is 0 Å². The van der Waals surface area contributed by atoms with Gasteiger partial charge in [-0.05, 0) is 11.3 Å². The van der Waals surface area contributed by atoms with Gasteiger partial charge in [0, 0.05) is 0 Å². The Labute approximate surface area is 36.1 Å². The predicted octanol–water partition coefficient (Wildman–Crippen LogP) is 1.45. The maximum atomic E-state index is 9.32. The second-order valence-electron chi connectivity index (χ2n) is 0.787. The molecule has 0 N–H and O–H groups in total. The van der Waals surface area contributed by atoms with E-state index in [2.05, 4.69) is 18.3 Å². The largest absolute Gasteiger partial charge is 0.145 e. The molecular weight excluding hydrogens is 78.0 g/mol. The molecule has 0 aliphatic heterocycles. The summed E-state index contributed by atoms with van der Waals surface area (Å²) in [6.45, 7) is 6.43. The van der Waals surface area contributed by atoms with E-state index in [-0.39, 0.29) is 5.70 Å². The summed E-state index contributed by atoms with van der Waals surface area (Å²) in [5.74, 6) is 0. The van der Waals surface area contributed by atoms with Gasteiger partial charge < -0.3 is 0 Å². The van der Waals surface area contributed by atoms with Crippen molar-refractivity contribution in [1.29, 1.82) is 0 Å². The van der Waals surface area contributed by atoms with Gasteiger partial charge in [0.05, 0.1) is 5.70 Å². The third-order valence-corrected chi connectivity index (χ3v) is 0.353. The highest BCUT2D eigenvalue weighted by Gasteiger charge is 1.72. The molecule has 0 heterocycles. The van der Waals surface area contributed by atoms with E-state index in [1.54, 1.807) is 0 Å². The van der Waals surface area contributed by atoms with Crippen LogP contribution >= 0.6 is 0 Å². The zero-order valence-corrected chi connectivity index (χ0v) is 3.35. The lowest BCUT2D eigenvalue weighted by atomic mass is 10.5. The third-order valence-electron chi connectivity index (χ3n) is 0.353. The van der Waals surface area contributed by atoms with E-state index in [0.717, 1.165) is 0 Å². The average molecular weight is 83.1 g/mol. The second kappa shape index (κ2) is 2.33. The lowest BCUT2D eigenvalue weighted by molar-refractivity contribution is 1.42. The van der Waals surface area contributed by atoms with Gasteiger partial charge in [-0.2, -0.15) is 0 Å². The lowest BCUT2D eigenvalue weighted by Gasteiger charge is -1.70. The Morgan fingerprint density at radius 3 is 2.33 bits per heavy atom. The van der Waals surface area contributed by atoms with Gasteiger partial charge in [0.15, 0.2) is 0 Å². The Kier molecular flexibility index (Phi) is 1.97. The van der Waals surface area contributed by atoms with Crippen LogP contribution in [0.1, 0.15) is 0 Å². The Hall–Kier alpha value is -0.920. The molecule has 6 heavy (non-hydrogen) atoms. The molecule has 0 atom stereocenters. The predicted molar refractivity (Wildman–Crippen MR) is 25.1 cm³/mol. The van der Waals surface area contributed by atoms with Crippen LogP contribution < -0.4 is 0 Å². The summed E-state index contributed by atoms with van der Waals surface area (Å²) in [5, 5.41) is 2.44. The quantitative estimate of drug-likeness (QED) is 0.367. The molecule has 2 heteroatoms. The molecule has 0 rings (SSSR count). The minimum absolute atomic E-state index is 0.176. The molecular formula is C4H5NO. The zero-order chi connectivity index (χ0) is 4.99. The average Bonchev–Trinajstić information content (AvgIpc) is 1.65. The van der Waals surface area contributed by atoms with E-state index in [1.165, 1.54) is 6.08 Å². The number of allylic oxidation sites excluding steroid dienone is 1. The highest BCUT2D eigenvalue weighted by Crippen LogP contribution is 1.87. The molecule has 0 saturated heterocycles. The van der Waals surface area contributed by atoms with E-state index in [4.69, 9.17) is 0 Å². The van der Waals surface area contributed by atoms with E-state index in [0.29, 0.717) is 0 Å². The van der Waals surface area contributed by atoms with Crippen LogP contribution in [-0.2, 0) is 0 Å². The van der Waals surface area contributed by atoms with Crippen molar-refractivity contribution in [2.45, 2.75) is 0 Å². The normalized spacial score (nSPS) is 6.67. The molecule has 0 fully saturated rings. The highest BCUT2D eigenvalue weighted by atomic mass is 16.3.